The van der Waals surface area contributed by atoms with Crippen molar-refractivity contribution in [1.82, 2.24) is 0 Å². The van der Waals surface area contributed by atoms with E-state index in [1.54, 1.807) is 18.2 Å². The van der Waals surface area contributed by atoms with Crippen LogP contribution in [0.15, 0.2) is 60.7 Å². The molecular formula is C26H21F3O4. The highest BCUT2D eigenvalue weighted by molar-refractivity contribution is 5.95. The van der Waals surface area contributed by atoms with Crippen LogP contribution < -0.4 is 14.2 Å². The van der Waals surface area contributed by atoms with Crippen molar-refractivity contribution in [2.24, 2.45) is 0 Å². The maximum Gasteiger partial charge on any atom is 0.573 e. The first-order valence-electron chi connectivity index (χ1n) is 10.6. The van der Waals surface area contributed by atoms with Gasteiger partial charge in [0.2, 0.25) is 6.79 Å². The predicted octanol–water partition coefficient (Wildman–Crippen LogP) is 6.13. The molecule has 1 fully saturated rings. The summed E-state index contributed by atoms with van der Waals surface area (Å²) >= 11 is 0. The first-order chi connectivity index (χ1) is 15.7. The van der Waals surface area contributed by atoms with Crippen molar-refractivity contribution < 1.29 is 32.2 Å². The molecule has 0 amide bonds. The van der Waals surface area contributed by atoms with Gasteiger partial charge in [-0.25, -0.2) is 0 Å². The minimum atomic E-state index is -4.81. The van der Waals surface area contributed by atoms with Gasteiger partial charge in [0, 0.05) is 12.0 Å². The fourth-order valence-corrected chi connectivity index (χ4v) is 4.26. The van der Waals surface area contributed by atoms with E-state index in [0.717, 1.165) is 24.0 Å². The lowest BCUT2D eigenvalue weighted by atomic mass is 9.87. The summed E-state index contributed by atoms with van der Waals surface area (Å²) in [5.74, 6) is 1.02. The van der Waals surface area contributed by atoms with E-state index in [2.05, 4.69) is 4.74 Å². The summed E-state index contributed by atoms with van der Waals surface area (Å²) in [5.41, 5.74) is 2.80. The summed E-state index contributed by atoms with van der Waals surface area (Å²) in [5, 5.41) is 0. The molecule has 0 N–H and O–H groups in total. The van der Waals surface area contributed by atoms with Crippen LogP contribution in [0.25, 0.3) is 11.1 Å². The average molecular weight is 454 g/mol. The monoisotopic (exact) mass is 454 g/mol. The fourth-order valence-electron chi connectivity index (χ4n) is 4.26. The summed E-state index contributed by atoms with van der Waals surface area (Å²) < 4.78 is 53.9. The van der Waals surface area contributed by atoms with E-state index in [4.69, 9.17) is 9.47 Å². The number of hydrogen-bond acceptors (Lipinski definition) is 4. The van der Waals surface area contributed by atoms with Crippen LogP contribution in [0.2, 0.25) is 0 Å². The Morgan fingerprint density at radius 2 is 1.70 bits per heavy atom. The molecule has 3 aromatic rings. The van der Waals surface area contributed by atoms with Gasteiger partial charge in [0.25, 0.3) is 0 Å². The zero-order chi connectivity index (χ0) is 23.2. The third kappa shape index (κ3) is 4.27. The Morgan fingerprint density at radius 1 is 0.970 bits per heavy atom. The van der Waals surface area contributed by atoms with Gasteiger partial charge >= 0.3 is 6.36 Å². The number of alkyl halides is 3. The summed E-state index contributed by atoms with van der Waals surface area (Å²) in [7, 11) is 0. The third-order valence-corrected chi connectivity index (χ3v) is 6.21. The quantitative estimate of drug-likeness (QED) is 0.449. The molecule has 0 aromatic heterocycles. The highest BCUT2D eigenvalue weighted by Crippen LogP contribution is 2.51. The topological polar surface area (TPSA) is 44.8 Å². The van der Waals surface area contributed by atoms with Gasteiger partial charge in [0.1, 0.15) is 11.5 Å². The van der Waals surface area contributed by atoms with E-state index < -0.39 is 11.8 Å². The molecule has 0 radical (unpaired) electrons. The Balaban J connectivity index is 1.44. The van der Waals surface area contributed by atoms with E-state index in [9.17, 15) is 18.0 Å². The third-order valence-electron chi connectivity index (χ3n) is 6.21. The summed E-state index contributed by atoms with van der Waals surface area (Å²) in [6, 6.07) is 17.1. The Morgan fingerprint density at radius 3 is 2.39 bits per heavy atom. The van der Waals surface area contributed by atoms with E-state index in [0.29, 0.717) is 28.2 Å². The number of ether oxygens (including phenoxy) is 3. The Bertz CT molecular complexity index is 1210. The molecule has 0 saturated heterocycles. The highest BCUT2D eigenvalue weighted by atomic mass is 19.4. The Labute approximate surface area is 188 Å². The van der Waals surface area contributed by atoms with Crippen LogP contribution in [-0.4, -0.2) is 18.9 Å². The molecule has 0 atom stereocenters. The molecule has 0 bridgehead atoms. The molecular weight excluding hydrogens is 433 g/mol. The number of halogens is 3. The van der Waals surface area contributed by atoms with Gasteiger partial charge in [-0.2, -0.15) is 0 Å². The second-order valence-electron chi connectivity index (χ2n) is 8.49. The number of carbonyl (C=O) groups excluding carboxylic acids is 1. The van der Waals surface area contributed by atoms with Gasteiger partial charge in [-0.3, -0.25) is 4.79 Å². The molecule has 1 saturated carbocycles. The predicted molar refractivity (Wildman–Crippen MR) is 115 cm³/mol. The SMILES string of the molecule is Cc1ccc(-c2cc(CC(=O)C3(c4ccc5c(c4)OCO5)CC3)ccc2OC(F)(F)F)cc1. The number of rotatable bonds is 6. The van der Waals surface area contributed by atoms with E-state index in [1.807, 2.05) is 37.3 Å². The largest absolute Gasteiger partial charge is 0.573 e. The molecule has 33 heavy (non-hydrogen) atoms. The number of aryl methyl sites for hydroxylation is 1. The number of fused-ring (bicyclic) bond motifs is 1. The fraction of sp³-hybridized carbons (Fsp3) is 0.269. The van der Waals surface area contributed by atoms with E-state index >= 15 is 0 Å². The maximum absolute atomic E-state index is 13.3. The lowest BCUT2D eigenvalue weighted by molar-refractivity contribution is -0.274. The van der Waals surface area contributed by atoms with Crippen molar-refractivity contribution in [1.29, 1.82) is 0 Å². The van der Waals surface area contributed by atoms with E-state index in [-0.39, 0.29) is 24.7 Å². The van der Waals surface area contributed by atoms with Crippen molar-refractivity contribution >= 4 is 5.78 Å². The van der Waals surface area contributed by atoms with Gasteiger partial charge in [0.05, 0.1) is 5.41 Å². The van der Waals surface area contributed by atoms with Crippen LogP contribution in [0.3, 0.4) is 0 Å². The van der Waals surface area contributed by atoms with Crippen LogP contribution in [0.1, 0.15) is 29.5 Å². The number of benzene rings is 3. The van der Waals surface area contributed by atoms with Crippen molar-refractivity contribution in [2.75, 3.05) is 6.79 Å². The molecule has 1 aliphatic carbocycles. The number of hydrogen-bond donors (Lipinski definition) is 0. The zero-order valence-corrected chi connectivity index (χ0v) is 17.9. The second-order valence-corrected chi connectivity index (χ2v) is 8.49. The molecule has 0 spiro atoms. The molecule has 7 heteroatoms. The molecule has 1 heterocycles. The molecule has 170 valence electrons. The Kier molecular flexibility index (Phi) is 5.07. The average Bonchev–Trinajstić information content (AvgIpc) is 3.45. The minimum Gasteiger partial charge on any atom is -0.454 e. The molecule has 5 rings (SSSR count). The second kappa shape index (κ2) is 7.83. The van der Waals surface area contributed by atoms with Gasteiger partial charge in [0.15, 0.2) is 11.5 Å². The van der Waals surface area contributed by atoms with Crippen LogP contribution in [0.5, 0.6) is 17.2 Å². The normalized spacial score (nSPS) is 15.9. The lowest BCUT2D eigenvalue weighted by Crippen LogP contribution is -2.22. The van der Waals surface area contributed by atoms with E-state index in [1.165, 1.54) is 12.1 Å². The number of Topliss-reactive ketones (excluding diaryl/α,β-unsaturated/α-hetero) is 1. The zero-order valence-electron chi connectivity index (χ0n) is 17.9. The van der Waals surface area contributed by atoms with Crippen molar-refractivity contribution in [3.05, 3.63) is 77.4 Å². The molecule has 2 aliphatic rings. The van der Waals surface area contributed by atoms with Crippen molar-refractivity contribution in [2.45, 2.75) is 38.0 Å². The number of ketones is 1. The number of carbonyl (C=O) groups is 1. The molecule has 3 aromatic carbocycles. The molecule has 1 aliphatic heterocycles. The molecule has 4 nitrogen and oxygen atoms in total. The van der Waals surface area contributed by atoms with Gasteiger partial charge in [-0.05, 0) is 60.7 Å². The van der Waals surface area contributed by atoms with Crippen molar-refractivity contribution in [3.8, 4) is 28.4 Å². The van der Waals surface area contributed by atoms with Crippen LogP contribution in [0.4, 0.5) is 13.2 Å². The summed E-state index contributed by atoms with van der Waals surface area (Å²) in [6.07, 6.45) is -3.25. The highest BCUT2D eigenvalue weighted by Gasteiger charge is 2.50. The standard InChI is InChI=1S/C26H21F3O4/c1-16-2-5-18(6-3-16)20-12-17(4-8-21(20)33-26(27,28)29)13-24(30)25(10-11-25)19-7-9-22-23(14-19)32-15-31-22/h2-9,12,14H,10-11,13,15H2,1H3. The van der Waals surface area contributed by atoms with Crippen LogP contribution in [-0.2, 0) is 16.6 Å². The Hall–Kier alpha value is -3.48. The van der Waals surface area contributed by atoms with Gasteiger partial charge in [-0.1, -0.05) is 42.0 Å². The smallest absolute Gasteiger partial charge is 0.454 e. The van der Waals surface area contributed by atoms with Crippen LogP contribution >= 0.6 is 0 Å². The lowest BCUT2D eigenvalue weighted by Gasteiger charge is -2.17. The first-order valence-corrected chi connectivity index (χ1v) is 10.6. The maximum atomic E-state index is 13.3. The van der Waals surface area contributed by atoms with Gasteiger partial charge < -0.3 is 14.2 Å². The summed E-state index contributed by atoms with van der Waals surface area (Å²) in [4.78, 5) is 13.3. The molecule has 0 unspecified atom stereocenters. The van der Waals surface area contributed by atoms with Crippen molar-refractivity contribution in [3.63, 3.8) is 0 Å². The van der Waals surface area contributed by atoms with Gasteiger partial charge in [-0.15, -0.1) is 13.2 Å². The first kappa shape index (κ1) is 21.4. The minimum absolute atomic E-state index is 0.0284. The van der Waals surface area contributed by atoms with Crippen LogP contribution in [0, 0.1) is 6.92 Å². The summed E-state index contributed by atoms with van der Waals surface area (Å²) in [6.45, 7) is 2.06.